The molecule has 2 heterocycles. The summed E-state index contributed by atoms with van der Waals surface area (Å²) in [5.74, 6) is -10.5. The fraction of sp³-hybridized carbons (Fsp3) is 0. The Bertz CT molecular complexity index is 3280. The van der Waals surface area contributed by atoms with Crippen molar-refractivity contribution in [2.75, 3.05) is 0 Å². The second-order valence-corrected chi connectivity index (χ2v) is 13.8. The van der Waals surface area contributed by atoms with Gasteiger partial charge < -0.3 is 9.13 Å². The van der Waals surface area contributed by atoms with E-state index in [4.69, 9.17) is 0 Å². The number of halogens is 5. The molecule has 8 aromatic carbocycles. The van der Waals surface area contributed by atoms with Crippen molar-refractivity contribution in [3.8, 4) is 50.8 Å². The van der Waals surface area contributed by atoms with Crippen molar-refractivity contribution in [2.45, 2.75) is 0 Å². The van der Waals surface area contributed by atoms with Gasteiger partial charge in [0, 0.05) is 27.1 Å². The summed E-state index contributed by atoms with van der Waals surface area (Å²) in [5.41, 5.74) is 5.87. The number of nitrogens with zero attached hydrogens (tertiary/aromatic N) is 3. The smallest absolute Gasteiger partial charge is 0.200 e. The van der Waals surface area contributed by atoms with E-state index < -0.39 is 40.2 Å². The van der Waals surface area contributed by atoms with Crippen molar-refractivity contribution in [1.29, 1.82) is 5.26 Å². The van der Waals surface area contributed by atoms with E-state index in [1.807, 2.05) is 149 Å². The van der Waals surface area contributed by atoms with Gasteiger partial charge in [-0.2, -0.15) is 5.26 Å². The van der Waals surface area contributed by atoms with Gasteiger partial charge in [-0.3, -0.25) is 0 Å². The number of fused-ring (bicyclic) bond motifs is 6. The van der Waals surface area contributed by atoms with Gasteiger partial charge >= 0.3 is 0 Å². The molecule has 10 rings (SSSR count). The van der Waals surface area contributed by atoms with E-state index in [0.717, 1.165) is 65.9 Å². The van der Waals surface area contributed by atoms with Gasteiger partial charge in [-0.1, -0.05) is 109 Å². The maximum atomic E-state index is 15.7. The van der Waals surface area contributed by atoms with Crippen LogP contribution in [0, 0.1) is 40.4 Å². The predicted molar refractivity (Wildman–Crippen MR) is 216 cm³/mol. The summed E-state index contributed by atoms with van der Waals surface area (Å²) in [6.07, 6.45) is 0. The van der Waals surface area contributed by atoms with Crippen LogP contribution in [0.15, 0.2) is 158 Å². The maximum Gasteiger partial charge on any atom is 0.200 e. The standard InChI is InChI=1S/C49H26F5N3/c50-45-44(46(51)48(53)49(54)47(45)52)35-26-43(57-39-18-10-8-16-34(39)37-24-31(20-22-41(37)57)29-13-5-2-6-14-29)42(25-32(35)27-55)56-38-17-9-7-15-33(38)36-23-30(19-21-40(36)56)28-11-3-1-4-12-28/h1-26H. The SMILES string of the molecule is N#Cc1cc(-n2c3ccccc3c3cc(-c4ccccc4)ccc32)c(-n2c3ccccc3c3cc(-c4ccccc4)ccc32)cc1-c1c(F)c(F)c(F)c(F)c1F. The Morgan fingerprint density at radius 1 is 0.368 bits per heavy atom. The van der Waals surface area contributed by atoms with Crippen LogP contribution in [-0.4, -0.2) is 9.13 Å². The molecule has 0 amide bonds. The van der Waals surface area contributed by atoms with Crippen LogP contribution in [0.1, 0.15) is 5.56 Å². The zero-order valence-corrected chi connectivity index (χ0v) is 29.7. The number of nitriles is 1. The Labute approximate surface area is 322 Å². The molecule has 0 aliphatic heterocycles. The van der Waals surface area contributed by atoms with E-state index in [-0.39, 0.29) is 5.56 Å². The third-order valence-corrected chi connectivity index (χ3v) is 10.8. The highest BCUT2D eigenvalue weighted by molar-refractivity contribution is 6.13. The lowest BCUT2D eigenvalue weighted by Gasteiger charge is -2.20. The van der Waals surface area contributed by atoms with Gasteiger partial charge in [0.1, 0.15) is 0 Å². The van der Waals surface area contributed by atoms with Crippen LogP contribution in [0.2, 0.25) is 0 Å². The molecule has 57 heavy (non-hydrogen) atoms. The monoisotopic (exact) mass is 751 g/mol. The molecule has 0 aliphatic carbocycles. The molecule has 10 aromatic rings. The van der Waals surface area contributed by atoms with Gasteiger partial charge in [-0.25, -0.2) is 22.0 Å². The zero-order chi connectivity index (χ0) is 38.9. The summed E-state index contributed by atoms with van der Waals surface area (Å²) >= 11 is 0. The molecule has 0 spiro atoms. The van der Waals surface area contributed by atoms with Crippen molar-refractivity contribution in [2.24, 2.45) is 0 Å². The molecule has 3 nitrogen and oxygen atoms in total. The van der Waals surface area contributed by atoms with Crippen LogP contribution >= 0.6 is 0 Å². The van der Waals surface area contributed by atoms with E-state index >= 15 is 8.78 Å². The summed E-state index contributed by atoms with van der Waals surface area (Å²) < 4.78 is 79.4. The van der Waals surface area contributed by atoms with Crippen LogP contribution in [0.5, 0.6) is 0 Å². The van der Waals surface area contributed by atoms with E-state index in [9.17, 15) is 18.4 Å². The summed E-state index contributed by atoms with van der Waals surface area (Å²) in [5, 5.41) is 14.2. The third kappa shape index (κ3) is 5.16. The molecule has 0 atom stereocenters. The van der Waals surface area contributed by atoms with Gasteiger partial charge in [0.25, 0.3) is 0 Å². The molecule has 0 unspecified atom stereocenters. The van der Waals surface area contributed by atoms with Gasteiger partial charge in [0.15, 0.2) is 23.3 Å². The average molecular weight is 752 g/mol. The van der Waals surface area contributed by atoms with Crippen molar-refractivity contribution < 1.29 is 22.0 Å². The highest BCUT2D eigenvalue weighted by atomic mass is 19.2. The zero-order valence-electron chi connectivity index (χ0n) is 29.7. The van der Waals surface area contributed by atoms with Gasteiger partial charge in [-0.15, -0.1) is 0 Å². The summed E-state index contributed by atoms with van der Waals surface area (Å²) in [6.45, 7) is 0. The number of para-hydroxylation sites is 2. The minimum Gasteiger partial charge on any atom is -0.307 e. The molecule has 272 valence electrons. The van der Waals surface area contributed by atoms with Gasteiger partial charge in [0.2, 0.25) is 5.82 Å². The number of aromatic nitrogens is 2. The first kappa shape index (κ1) is 34.0. The molecule has 0 bridgehead atoms. The largest absolute Gasteiger partial charge is 0.307 e. The average Bonchev–Trinajstić information content (AvgIpc) is 3.77. The molecule has 8 heteroatoms. The van der Waals surface area contributed by atoms with Crippen LogP contribution in [0.25, 0.3) is 88.4 Å². The van der Waals surface area contributed by atoms with Crippen molar-refractivity contribution >= 4 is 43.6 Å². The van der Waals surface area contributed by atoms with Crippen LogP contribution in [0.3, 0.4) is 0 Å². The number of rotatable bonds is 5. The van der Waals surface area contributed by atoms with E-state index in [0.29, 0.717) is 11.4 Å². The first-order valence-corrected chi connectivity index (χ1v) is 18.1. The molecular weight excluding hydrogens is 726 g/mol. The fourth-order valence-electron chi connectivity index (χ4n) is 8.16. The number of hydrogen-bond acceptors (Lipinski definition) is 1. The van der Waals surface area contributed by atoms with Crippen LogP contribution < -0.4 is 0 Å². The Kier molecular flexibility index (Phi) is 7.80. The van der Waals surface area contributed by atoms with E-state index in [1.165, 1.54) is 12.1 Å². The number of hydrogen-bond donors (Lipinski definition) is 0. The minimum absolute atomic E-state index is 0.282. The molecule has 0 fully saturated rings. The molecule has 2 aromatic heterocycles. The van der Waals surface area contributed by atoms with Crippen LogP contribution in [-0.2, 0) is 0 Å². The van der Waals surface area contributed by atoms with Gasteiger partial charge in [-0.05, 0) is 70.8 Å². The van der Waals surface area contributed by atoms with Crippen molar-refractivity contribution in [3.05, 3.63) is 192 Å². The molecular formula is C49H26F5N3. The van der Waals surface area contributed by atoms with Crippen molar-refractivity contribution in [3.63, 3.8) is 0 Å². The summed E-state index contributed by atoms with van der Waals surface area (Å²) in [6, 6.07) is 52.3. The highest BCUT2D eigenvalue weighted by Crippen LogP contribution is 2.43. The van der Waals surface area contributed by atoms with Crippen LogP contribution in [0.4, 0.5) is 22.0 Å². The Morgan fingerprint density at radius 3 is 1.25 bits per heavy atom. The Hall–Kier alpha value is -7.50. The summed E-state index contributed by atoms with van der Waals surface area (Å²) in [7, 11) is 0. The molecule has 0 radical (unpaired) electrons. The van der Waals surface area contributed by atoms with Gasteiger partial charge in [0.05, 0.1) is 50.6 Å². The highest BCUT2D eigenvalue weighted by Gasteiger charge is 2.30. The van der Waals surface area contributed by atoms with E-state index in [2.05, 4.69) is 12.1 Å². The lowest BCUT2D eigenvalue weighted by Crippen LogP contribution is -2.08. The fourth-order valence-corrected chi connectivity index (χ4v) is 8.16. The Morgan fingerprint density at radius 2 is 0.772 bits per heavy atom. The van der Waals surface area contributed by atoms with Crippen molar-refractivity contribution in [1.82, 2.24) is 9.13 Å². The maximum absolute atomic E-state index is 15.7. The normalized spacial score (nSPS) is 11.6. The van der Waals surface area contributed by atoms with E-state index in [1.54, 1.807) is 0 Å². The first-order valence-electron chi connectivity index (χ1n) is 18.1. The lowest BCUT2D eigenvalue weighted by atomic mass is 9.96. The quantitative estimate of drug-likeness (QED) is 0.0979. The summed E-state index contributed by atoms with van der Waals surface area (Å²) in [4.78, 5) is 0. The Balaban J connectivity index is 1.35. The second-order valence-electron chi connectivity index (χ2n) is 13.8. The lowest BCUT2D eigenvalue weighted by molar-refractivity contribution is 0.381. The topological polar surface area (TPSA) is 33.6 Å². The predicted octanol–water partition coefficient (Wildman–Crippen LogP) is 13.4. The molecule has 0 N–H and O–H groups in total. The minimum atomic E-state index is -2.28. The molecule has 0 saturated carbocycles. The third-order valence-electron chi connectivity index (χ3n) is 10.8. The number of benzene rings is 8. The molecule has 0 aliphatic rings. The molecule has 0 saturated heterocycles. The first-order chi connectivity index (χ1) is 27.8. The second kappa shape index (κ2) is 13.1.